The van der Waals surface area contributed by atoms with E-state index in [1.807, 2.05) is 0 Å². The molecule has 0 spiro atoms. The highest BCUT2D eigenvalue weighted by molar-refractivity contribution is 7.17. The maximum atomic E-state index is 11.2. The van der Waals surface area contributed by atoms with Gasteiger partial charge in [-0.05, 0) is 12.5 Å². The number of hydrogen-bond donors (Lipinski definition) is 1. The van der Waals surface area contributed by atoms with Crippen LogP contribution in [0.3, 0.4) is 0 Å². The number of non-ortho nitro benzene ring substituents is 1. The number of carboxylic acids is 1. The first-order valence-corrected chi connectivity index (χ1v) is 6.73. The number of benzene rings is 1. The van der Waals surface area contributed by atoms with Crippen molar-refractivity contribution in [1.82, 2.24) is 4.98 Å². The molecule has 2 aromatic rings. The van der Waals surface area contributed by atoms with Crippen molar-refractivity contribution in [2.24, 2.45) is 0 Å². The molecule has 0 saturated carbocycles. The van der Waals surface area contributed by atoms with Crippen LogP contribution in [0.25, 0.3) is 10.6 Å². The fourth-order valence-corrected chi connectivity index (χ4v) is 2.81. The molecule has 0 aliphatic rings. The second-order valence-electron chi connectivity index (χ2n) is 4.29. The Morgan fingerprint density at radius 2 is 2.24 bits per heavy atom. The van der Waals surface area contributed by atoms with Gasteiger partial charge in [0.25, 0.3) is 5.69 Å². The fourth-order valence-electron chi connectivity index (χ4n) is 1.82. The predicted octanol–water partition coefficient (Wildman–Crippen LogP) is 2.87. The predicted molar refractivity (Wildman–Crippen MR) is 76.6 cm³/mol. The number of nitro groups is 1. The van der Waals surface area contributed by atoms with Crippen molar-refractivity contribution in [3.8, 4) is 10.6 Å². The second kappa shape index (κ2) is 5.98. The lowest BCUT2D eigenvalue weighted by molar-refractivity contribution is -0.384. The lowest BCUT2D eigenvalue weighted by Crippen LogP contribution is -1.99. The van der Waals surface area contributed by atoms with Crippen LogP contribution in [0.5, 0.6) is 0 Å². The quantitative estimate of drug-likeness (QED) is 0.673. The topological polar surface area (TPSA) is 103 Å². The average molecular weight is 308 g/mol. The van der Waals surface area contributed by atoms with E-state index in [0.29, 0.717) is 16.3 Å². The molecule has 0 aliphatic carbocycles. The summed E-state index contributed by atoms with van der Waals surface area (Å²) in [5.41, 5.74) is 1.60. The number of nitro benzene ring substituents is 1. The third-order valence-electron chi connectivity index (χ3n) is 2.84. The largest absolute Gasteiger partial charge is 0.477 e. The number of aryl methyl sites for hydroxylation is 1. The van der Waals surface area contributed by atoms with Crippen LogP contribution in [0.4, 0.5) is 5.69 Å². The van der Waals surface area contributed by atoms with Crippen LogP contribution in [0, 0.1) is 17.0 Å². The van der Waals surface area contributed by atoms with E-state index >= 15 is 0 Å². The van der Waals surface area contributed by atoms with Gasteiger partial charge >= 0.3 is 5.97 Å². The summed E-state index contributed by atoms with van der Waals surface area (Å²) in [4.78, 5) is 25.9. The molecular formula is C13H12N2O5S. The van der Waals surface area contributed by atoms with Crippen molar-refractivity contribution in [1.29, 1.82) is 0 Å². The summed E-state index contributed by atoms with van der Waals surface area (Å²) in [6.07, 6.45) is 0. The van der Waals surface area contributed by atoms with Crippen molar-refractivity contribution >= 4 is 23.0 Å². The standard InChI is InChI=1S/C13H12N2O5S/c1-7-3-4-8(15(18)19)5-9(7)12-14-10(6-20-2)11(21-12)13(16)17/h3-5H,6H2,1-2H3,(H,16,17). The first kappa shape index (κ1) is 15.1. The number of rotatable bonds is 5. The highest BCUT2D eigenvalue weighted by Gasteiger charge is 2.20. The molecular weight excluding hydrogens is 296 g/mol. The summed E-state index contributed by atoms with van der Waals surface area (Å²) < 4.78 is 4.93. The summed E-state index contributed by atoms with van der Waals surface area (Å²) in [7, 11) is 1.45. The SMILES string of the molecule is COCc1nc(-c2cc([N+](=O)[O-])ccc2C)sc1C(=O)O. The zero-order valence-corrected chi connectivity index (χ0v) is 12.1. The summed E-state index contributed by atoms with van der Waals surface area (Å²) in [6.45, 7) is 1.86. The van der Waals surface area contributed by atoms with E-state index in [1.54, 1.807) is 13.0 Å². The van der Waals surface area contributed by atoms with Crippen LogP contribution in [0.15, 0.2) is 18.2 Å². The molecule has 1 N–H and O–H groups in total. The molecule has 1 aromatic heterocycles. The Bertz CT molecular complexity index is 711. The summed E-state index contributed by atoms with van der Waals surface area (Å²) in [5.74, 6) is -1.09. The molecule has 0 unspecified atom stereocenters. The molecule has 7 nitrogen and oxygen atoms in total. The molecule has 1 heterocycles. The number of thiazole rings is 1. The van der Waals surface area contributed by atoms with Gasteiger partial charge in [0, 0.05) is 24.8 Å². The number of carbonyl (C=O) groups is 1. The lowest BCUT2D eigenvalue weighted by Gasteiger charge is -2.01. The van der Waals surface area contributed by atoms with Gasteiger partial charge in [-0.25, -0.2) is 9.78 Å². The molecule has 0 radical (unpaired) electrons. The van der Waals surface area contributed by atoms with Crippen LogP contribution in [0.2, 0.25) is 0 Å². The number of aromatic carboxylic acids is 1. The van der Waals surface area contributed by atoms with Gasteiger partial charge in [-0.1, -0.05) is 6.07 Å². The van der Waals surface area contributed by atoms with Crippen LogP contribution < -0.4 is 0 Å². The smallest absolute Gasteiger partial charge is 0.347 e. The van der Waals surface area contributed by atoms with Gasteiger partial charge in [0.15, 0.2) is 0 Å². The van der Waals surface area contributed by atoms with E-state index in [-0.39, 0.29) is 17.2 Å². The van der Waals surface area contributed by atoms with E-state index in [9.17, 15) is 20.0 Å². The number of methoxy groups -OCH3 is 1. The minimum absolute atomic E-state index is 0.0593. The first-order valence-electron chi connectivity index (χ1n) is 5.91. The molecule has 0 fully saturated rings. The fraction of sp³-hybridized carbons (Fsp3) is 0.231. The Morgan fingerprint density at radius 1 is 1.52 bits per heavy atom. The third kappa shape index (κ3) is 3.06. The third-order valence-corrected chi connectivity index (χ3v) is 3.95. The van der Waals surface area contributed by atoms with Crippen molar-refractivity contribution in [3.63, 3.8) is 0 Å². The minimum Gasteiger partial charge on any atom is -0.477 e. The van der Waals surface area contributed by atoms with E-state index in [2.05, 4.69) is 4.98 Å². The van der Waals surface area contributed by atoms with E-state index in [0.717, 1.165) is 16.9 Å². The molecule has 2 rings (SSSR count). The van der Waals surface area contributed by atoms with Crippen LogP contribution in [-0.2, 0) is 11.3 Å². The molecule has 21 heavy (non-hydrogen) atoms. The zero-order valence-electron chi connectivity index (χ0n) is 11.3. The van der Waals surface area contributed by atoms with Crippen LogP contribution >= 0.6 is 11.3 Å². The maximum Gasteiger partial charge on any atom is 0.347 e. The molecule has 0 atom stereocenters. The van der Waals surface area contributed by atoms with Gasteiger partial charge in [-0.2, -0.15) is 0 Å². The van der Waals surface area contributed by atoms with E-state index in [1.165, 1.54) is 19.2 Å². The zero-order chi connectivity index (χ0) is 15.6. The molecule has 8 heteroatoms. The molecule has 0 bridgehead atoms. The van der Waals surface area contributed by atoms with Gasteiger partial charge in [0.2, 0.25) is 0 Å². The number of nitrogens with zero attached hydrogens (tertiary/aromatic N) is 2. The second-order valence-corrected chi connectivity index (χ2v) is 5.29. The number of hydrogen-bond acceptors (Lipinski definition) is 6. The Labute approximate surface area is 124 Å². The maximum absolute atomic E-state index is 11.2. The molecule has 1 aromatic carbocycles. The first-order chi connectivity index (χ1) is 9.93. The van der Waals surface area contributed by atoms with Gasteiger partial charge in [0.05, 0.1) is 17.2 Å². The van der Waals surface area contributed by atoms with Gasteiger partial charge < -0.3 is 9.84 Å². The number of aromatic nitrogens is 1. The molecule has 0 amide bonds. The Hall–Kier alpha value is -2.32. The van der Waals surface area contributed by atoms with E-state index in [4.69, 9.17) is 4.74 Å². The van der Waals surface area contributed by atoms with Crippen molar-refractivity contribution < 1.29 is 19.6 Å². The monoisotopic (exact) mass is 308 g/mol. The van der Waals surface area contributed by atoms with Gasteiger partial charge in [-0.3, -0.25) is 10.1 Å². The van der Waals surface area contributed by atoms with Gasteiger partial charge in [-0.15, -0.1) is 11.3 Å². The Morgan fingerprint density at radius 3 is 2.81 bits per heavy atom. The molecule has 110 valence electrons. The highest BCUT2D eigenvalue weighted by Crippen LogP contribution is 2.33. The normalized spacial score (nSPS) is 10.6. The van der Waals surface area contributed by atoms with Gasteiger partial charge in [0.1, 0.15) is 9.88 Å². The highest BCUT2D eigenvalue weighted by atomic mass is 32.1. The van der Waals surface area contributed by atoms with E-state index < -0.39 is 10.9 Å². The van der Waals surface area contributed by atoms with Crippen molar-refractivity contribution in [2.45, 2.75) is 13.5 Å². The van der Waals surface area contributed by atoms with Crippen LogP contribution in [0.1, 0.15) is 20.9 Å². The Balaban J connectivity index is 2.56. The average Bonchev–Trinajstić information content (AvgIpc) is 2.83. The Kier molecular flexibility index (Phi) is 4.29. The van der Waals surface area contributed by atoms with Crippen LogP contribution in [-0.4, -0.2) is 28.1 Å². The minimum atomic E-state index is -1.09. The summed E-state index contributed by atoms with van der Waals surface area (Å²) in [5, 5.41) is 20.5. The van der Waals surface area contributed by atoms with Crippen molar-refractivity contribution in [2.75, 3.05) is 7.11 Å². The lowest BCUT2D eigenvalue weighted by atomic mass is 10.1. The van der Waals surface area contributed by atoms with Crippen molar-refractivity contribution in [3.05, 3.63) is 44.4 Å². The summed E-state index contributed by atoms with van der Waals surface area (Å²) >= 11 is 0.982. The number of carboxylic acid groups (broad SMARTS) is 1. The summed E-state index contributed by atoms with van der Waals surface area (Å²) in [6, 6.07) is 4.42. The molecule has 0 saturated heterocycles. The molecule has 0 aliphatic heterocycles. The number of ether oxygens (including phenoxy) is 1.